The third kappa shape index (κ3) is 3.38. The topological polar surface area (TPSA) is 78.9 Å². The molecule has 2 bridgehead atoms. The van der Waals surface area contributed by atoms with Crippen LogP contribution in [0.2, 0.25) is 0 Å². The number of carbonyl (C=O) groups is 3. The Morgan fingerprint density at radius 3 is 2.60 bits per heavy atom. The van der Waals surface area contributed by atoms with E-state index in [0.29, 0.717) is 12.0 Å². The minimum Gasteiger partial charge on any atom is -0.461 e. The van der Waals surface area contributed by atoms with Gasteiger partial charge in [-0.3, -0.25) is 4.79 Å². The van der Waals surface area contributed by atoms with Crippen LogP contribution in [-0.4, -0.2) is 36.2 Å². The van der Waals surface area contributed by atoms with Gasteiger partial charge in [0, 0.05) is 24.0 Å². The van der Waals surface area contributed by atoms with Crippen LogP contribution in [0.4, 0.5) is 0 Å². The predicted octanol–water partition coefficient (Wildman–Crippen LogP) is 2.24. The number of hydrogen-bond donors (Lipinski definition) is 0. The molecule has 134 valence electrons. The second-order valence-electron chi connectivity index (χ2n) is 7.11. The number of rotatable bonds is 2. The van der Waals surface area contributed by atoms with Gasteiger partial charge in [-0.2, -0.15) is 0 Å². The van der Waals surface area contributed by atoms with Crippen LogP contribution in [-0.2, 0) is 28.6 Å². The van der Waals surface area contributed by atoms with Crippen molar-refractivity contribution in [1.29, 1.82) is 0 Å². The molecule has 3 aliphatic rings. The Balaban J connectivity index is 1.99. The molecule has 2 aliphatic heterocycles. The first kappa shape index (κ1) is 17.5. The van der Waals surface area contributed by atoms with Crippen LogP contribution in [0.5, 0.6) is 0 Å². The van der Waals surface area contributed by atoms with E-state index in [4.69, 9.17) is 14.2 Å². The van der Waals surface area contributed by atoms with Crippen LogP contribution in [0.1, 0.15) is 33.6 Å². The zero-order valence-corrected chi connectivity index (χ0v) is 14.6. The molecule has 6 nitrogen and oxygen atoms in total. The molecule has 3 rings (SSSR count). The van der Waals surface area contributed by atoms with E-state index in [1.54, 1.807) is 19.9 Å². The summed E-state index contributed by atoms with van der Waals surface area (Å²) in [6.07, 6.45) is 2.73. The first-order valence-corrected chi connectivity index (χ1v) is 8.45. The summed E-state index contributed by atoms with van der Waals surface area (Å²) in [5, 5.41) is 0. The van der Waals surface area contributed by atoms with Gasteiger partial charge in [0.2, 0.25) is 0 Å². The first-order valence-electron chi connectivity index (χ1n) is 8.45. The van der Waals surface area contributed by atoms with Crippen LogP contribution in [0.3, 0.4) is 0 Å². The predicted molar refractivity (Wildman–Crippen MR) is 88.2 cm³/mol. The molecule has 0 saturated carbocycles. The Morgan fingerprint density at radius 1 is 1.20 bits per heavy atom. The van der Waals surface area contributed by atoms with Gasteiger partial charge in [0.1, 0.15) is 18.3 Å². The summed E-state index contributed by atoms with van der Waals surface area (Å²) < 4.78 is 16.4. The first-order chi connectivity index (χ1) is 11.8. The summed E-state index contributed by atoms with van der Waals surface area (Å²) in [7, 11) is 0. The minimum atomic E-state index is -0.710. The van der Waals surface area contributed by atoms with E-state index in [2.05, 4.69) is 6.58 Å². The normalized spacial score (nSPS) is 33.8. The average molecular weight is 346 g/mol. The Hall–Kier alpha value is -2.37. The molecule has 0 N–H and O–H groups in total. The fourth-order valence-corrected chi connectivity index (χ4v) is 3.38. The highest BCUT2D eigenvalue weighted by Crippen LogP contribution is 2.38. The van der Waals surface area contributed by atoms with Crippen LogP contribution in [0.15, 0.2) is 35.5 Å². The maximum Gasteiger partial charge on any atom is 0.334 e. The lowest BCUT2D eigenvalue weighted by Gasteiger charge is -2.27. The zero-order valence-electron chi connectivity index (χ0n) is 14.6. The molecule has 0 aromatic rings. The molecule has 25 heavy (non-hydrogen) atoms. The van der Waals surface area contributed by atoms with E-state index < -0.39 is 36.0 Å². The van der Waals surface area contributed by atoms with Crippen molar-refractivity contribution >= 4 is 17.9 Å². The van der Waals surface area contributed by atoms with Crippen LogP contribution < -0.4 is 0 Å². The lowest BCUT2D eigenvalue weighted by molar-refractivity contribution is -0.156. The van der Waals surface area contributed by atoms with E-state index in [9.17, 15) is 14.4 Å². The molecule has 2 unspecified atom stereocenters. The molecule has 2 heterocycles. The van der Waals surface area contributed by atoms with Gasteiger partial charge in [-0.25, -0.2) is 9.59 Å². The van der Waals surface area contributed by atoms with Crippen molar-refractivity contribution in [2.24, 2.45) is 11.8 Å². The van der Waals surface area contributed by atoms with Gasteiger partial charge in [0.15, 0.2) is 0 Å². The summed E-state index contributed by atoms with van der Waals surface area (Å²) in [5.41, 5.74) is 1.66. The molecule has 0 spiro atoms. The van der Waals surface area contributed by atoms with Gasteiger partial charge < -0.3 is 14.2 Å². The smallest absolute Gasteiger partial charge is 0.334 e. The van der Waals surface area contributed by atoms with Crippen molar-refractivity contribution in [2.75, 3.05) is 0 Å². The van der Waals surface area contributed by atoms with Gasteiger partial charge >= 0.3 is 17.9 Å². The summed E-state index contributed by atoms with van der Waals surface area (Å²) in [5.74, 6) is -2.13. The molecule has 6 heteroatoms. The molecule has 1 fully saturated rings. The van der Waals surface area contributed by atoms with Crippen molar-refractivity contribution in [2.45, 2.75) is 51.9 Å². The fraction of sp³-hybridized carbons (Fsp3) is 0.526. The van der Waals surface area contributed by atoms with Gasteiger partial charge in [0.05, 0.1) is 11.8 Å². The largest absolute Gasteiger partial charge is 0.461 e. The summed E-state index contributed by atoms with van der Waals surface area (Å²) in [6, 6.07) is 0. The van der Waals surface area contributed by atoms with Gasteiger partial charge in [-0.15, -0.1) is 0 Å². The van der Waals surface area contributed by atoms with Gasteiger partial charge in [-0.1, -0.05) is 26.0 Å². The second kappa shape index (κ2) is 6.50. The fourth-order valence-electron chi connectivity index (χ4n) is 3.38. The highest BCUT2D eigenvalue weighted by molar-refractivity contribution is 5.92. The molecule has 0 radical (unpaired) electrons. The van der Waals surface area contributed by atoms with E-state index in [-0.39, 0.29) is 24.0 Å². The highest BCUT2D eigenvalue weighted by atomic mass is 16.6. The van der Waals surface area contributed by atoms with Crippen molar-refractivity contribution in [3.63, 3.8) is 0 Å². The number of ether oxygens (including phenoxy) is 3. The Bertz CT molecular complexity index is 699. The summed E-state index contributed by atoms with van der Waals surface area (Å²) in [6.45, 7) is 9.18. The maximum absolute atomic E-state index is 12.2. The molecule has 1 saturated heterocycles. The van der Waals surface area contributed by atoms with Crippen molar-refractivity contribution in [3.8, 4) is 0 Å². The van der Waals surface area contributed by atoms with Gasteiger partial charge in [0.25, 0.3) is 0 Å². The van der Waals surface area contributed by atoms with Crippen molar-refractivity contribution in [3.05, 3.63) is 35.5 Å². The monoisotopic (exact) mass is 346 g/mol. The third-order valence-corrected chi connectivity index (χ3v) is 4.70. The molecule has 0 aromatic heterocycles. The van der Waals surface area contributed by atoms with Crippen molar-refractivity contribution in [1.82, 2.24) is 0 Å². The molecular weight excluding hydrogens is 324 g/mol. The summed E-state index contributed by atoms with van der Waals surface area (Å²) in [4.78, 5) is 36.3. The SMILES string of the molecule is C=C1C(=O)OC2/C=C(/C)C[C@H]3C=C(C[C@H](OC(=O)C(C)C)C12)C(=O)O3. The Morgan fingerprint density at radius 2 is 1.92 bits per heavy atom. The van der Waals surface area contributed by atoms with Crippen molar-refractivity contribution < 1.29 is 28.6 Å². The number of fused-ring (bicyclic) bond motifs is 2. The lowest BCUT2D eigenvalue weighted by atomic mass is 9.85. The molecule has 4 atom stereocenters. The van der Waals surface area contributed by atoms with Gasteiger partial charge in [-0.05, 0) is 19.1 Å². The van der Waals surface area contributed by atoms with E-state index >= 15 is 0 Å². The number of esters is 3. The van der Waals surface area contributed by atoms with Crippen LogP contribution in [0, 0.1) is 11.8 Å². The molecule has 0 amide bonds. The van der Waals surface area contributed by atoms with Crippen LogP contribution >= 0.6 is 0 Å². The minimum absolute atomic E-state index is 0.178. The second-order valence-corrected chi connectivity index (χ2v) is 7.11. The Labute approximate surface area is 146 Å². The molecule has 1 aliphatic carbocycles. The average Bonchev–Trinajstić information content (AvgIpc) is 2.98. The lowest BCUT2D eigenvalue weighted by Crippen LogP contribution is -2.35. The number of carbonyl (C=O) groups excluding carboxylic acids is 3. The van der Waals surface area contributed by atoms with E-state index in [1.807, 2.05) is 13.0 Å². The standard InChI is InChI=1S/C19H22O6/c1-9(2)17(20)24-15-8-12-7-13(23-19(12)22)5-10(3)6-14-16(15)11(4)18(21)25-14/h6-7,9,13-16H,4-5,8H2,1-3H3/b10-6-/t13-,14?,15-,16?/m0/s1. The number of hydrogen-bond acceptors (Lipinski definition) is 6. The molecular formula is C19H22O6. The summed E-state index contributed by atoms with van der Waals surface area (Å²) >= 11 is 0. The zero-order chi connectivity index (χ0) is 18.3. The third-order valence-electron chi connectivity index (χ3n) is 4.70. The van der Waals surface area contributed by atoms with Crippen LogP contribution in [0.25, 0.3) is 0 Å². The highest BCUT2D eigenvalue weighted by Gasteiger charge is 2.46. The quantitative estimate of drug-likeness (QED) is 0.330. The van der Waals surface area contributed by atoms with E-state index in [1.165, 1.54) is 0 Å². The van der Waals surface area contributed by atoms with E-state index in [0.717, 1.165) is 5.57 Å². The molecule has 0 aromatic carbocycles. The Kier molecular flexibility index (Phi) is 4.54. The maximum atomic E-state index is 12.2.